The lowest BCUT2D eigenvalue weighted by atomic mass is 9.96. The first-order chi connectivity index (χ1) is 9.57. The minimum Gasteiger partial charge on any atom is -0.493 e. The number of ether oxygens (including phenoxy) is 3. The van der Waals surface area contributed by atoms with E-state index in [-0.39, 0.29) is 5.97 Å². The van der Waals surface area contributed by atoms with Crippen LogP contribution in [0.1, 0.15) is 19.8 Å². The van der Waals surface area contributed by atoms with Crippen LogP contribution in [-0.4, -0.2) is 39.4 Å². The molecule has 0 aliphatic carbocycles. The highest BCUT2D eigenvalue weighted by atomic mass is 16.5. The summed E-state index contributed by atoms with van der Waals surface area (Å²) >= 11 is 0. The van der Waals surface area contributed by atoms with E-state index >= 15 is 0 Å². The summed E-state index contributed by atoms with van der Waals surface area (Å²) in [5, 5.41) is 3.00. The normalized spacial score (nSPS) is 13.4. The fourth-order valence-corrected chi connectivity index (χ4v) is 1.90. The van der Waals surface area contributed by atoms with Gasteiger partial charge in [-0.2, -0.15) is 0 Å². The molecular formula is C15H23NO4. The summed E-state index contributed by atoms with van der Waals surface area (Å²) in [6.07, 6.45) is 1.36. The van der Waals surface area contributed by atoms with Gasteiger partial charge in [0, 0.05) is 0 Å². The van der Waals surface area contributed by atoms with Crippen molar-refractivity contribution in [2.45, 2.75) is 25.3 Å². The maximum atomic E-state index is 11.7. The topological polar surface area (TPSA) is 56.8 Å². The van der Waals surface area contributed by atoms with E-state index in [1.54, 1.807) is 14.2 Å². The third-order valence-corrected chi connectivity index (χ3v) is 3.34. The number of hydrogen-bond acceptors (Lipinski definition) is 5. The van der Waals surface area contributed by atoms with Gasteiger partial charge in [0.15, 0.2) is 11.5 Å². The van der Waals surface area contributed by atoms with Crippen molar-refractivity contribution in [3.8, 4) is 11.5 Å². The zero-order valence-corrected chi connectivity index (χ0v) is 12.6. The first-order valence-electron chi connectivity index (χ1n) is 6.60. The number of nitrogens with one attached hydrogen (secondary N) is 1. The Hall–Kier alpha value is -1.75. The highest BCUT2D eigenvalue weighted by molar-refractivity contribution is 5.80. The van der Waals surface area contributed by atoms with E-state index in [0.717, 1.165) is 6.42 Å². The summed E-state index contributed by atoms with van der Waals surface area (Å²) in [6, 6.07) is 7.49. The molecule has 0 bridgehead atoms. The number of rotatable bonds is 8. The van der Waals surface area contributed by atoms with Crippen LogP contribution in [0.5, 0.6) is 11.5 Å². The second kappa shape index (κ2) is 7.75. The van der Waals surface area contributed by atoms with Gasteiger partial charge < -0.3 is 19.5 Å². The number of esters is 1. The van der Waals surface area contributed by atoms with Gasteiger partial charge in [-0.05, 0) is 38.9 Å². The zero-order valence-electron chi connectivity index (χ0n) is 12.6. The van der Waals surface area contributed by atoms with E-state index in [1.165, 1.54) is 7.11 Å². The molecule has 1 rings (SSSR count). The summed E-state index contributed by atoms with van der Waals surface area (Å²) in [7, 11) is 4.75. The predicted molar refractivity (Wildman–Crippen MR) is 77.2 cm³/mol. The van der Waals surface area contributed by atoms with Gasteiger partial charge in [-0.3, -0.25) is 4.79 Å². The van der Waals surface area contributed by atoms with Crippen LogP contribution in [0.25, 0.3) is 0 Å². The van der Waals surface area contributed by atoms with E-state index in [0.29, 0.717) is 24.5 Å². The van der Waals surface area contributed by atoms with Crippen LogP contribution in [0.3, 0.4) is 0 Å². The molecule has 5 nitrogen and oxygen atoms in total. The second-order valence-corrected chi connectivity index (χ2v) is 4.68. The summed E-state index contributed by atoms with van der Waals surface area (Å²) in [6.45, 7) is 2.33. The summed E-state index contributed by atoms with van der Waals surface area (Å²) < 4.78 is 15.7. The summed E-state index contributed by atoms with van der Waals surface area (Å²) in [4.78, 5) is 11.7. The number of carbonyl (C=O) groups is 1. The minimum atomic E-state index is -0.682. The summed E-state index contributed by atoms with van der Waals surface area (Å²) in [5.41, 5.74) is -0.682. The average molecular weight is 281 g/mol. The lowest BCUT2D eigenvalue weighted by Crippen LogP contribution is -2.48. The Balaban J connectivity index is 2.46. The number of hydrogen-bond donors (Lipinski definition) is 1. The van der Waals surface area contributed by atoms with Gasteiger partial charge in [-0.25, -0.2) is 0 Å². The maximum Gasteiger partial charge on any atom is 0.325 e. The first-order valence-corrected chi connectivity index (χ1v) is 6.60. The van der Waals surface area contributed by atoms with Crippen LogP contribution in [0.15, 0.2) is 24.3 Å². The molecule has 0 radical (unpaired) electrons. The molecule has 112 valence electrons. The van der Waals surface area contributed by atoms with Gasteiger partial charge in [-0.1, -0.05) is 12.1 Å². The fourth-order valence-electron chi connectivity index (χ4n) is 1.90. The lowest BCUT2D eigenvalue weighted by molar-refractivity contribution is -0.148. The van der Waals surface area contributed by atoms with Gasteiger partial charge in [0.05, 0.1) is 20.8 Å². The molecule has 1 unspecified atom stereocenters. The Kier molecular flexibility index (Phi) is 6.31. The highest BCUT2D eigenvalue weighted by Crippen LogP contribution is 2.26. The largest absolute Gasteiger partial charge is 0.493 e. The van der Waals surface area contributed by atoms with E-state index in [2.05, 4.69) is 5.32 Å². The third kappa shape index (κ3) is 4.13. The van der Waals surface area contributed by atoms with Crippen molar-refractivity contribution >= 4 is 5.97 Å². The molecule has 0 heterocycles. The molecule has 5 heteroatoms. The Morgan fingerprint density at radius 2 is 1.90 bits per heavy atom. The van der Waals surface area contributed by atoms with Crippen molar-refractivity contribution in [2.24, 2.45) is 0 Å². The maximum absolute atomic E-state index is 11.7. The van der Waals surface area contributed by atoms with Crippen LogP contribution >= 0.6 is 0 Å². The van der Waals surface area contributed by atoms with Gasteiger partial charge in [0.25, 0.3) is 0 Å². The van der Waals surface area contributed by atoms with Gasteiger partial charge >= 0.3 is 5.97 Å². The lowest BCUT2D eigenvalue weighted by Gasteiger charge is -2.25. The van der Waals surface area contributed by atoms with Crippen LogP contribution in [0.2, 0.25) is 0 Å². The molecule has 0 aromatic heterocycles. The van der Waals surface area contributed by atoms with E-state index in [1.807, 2.05) is 31.2 Å². The van der Waals surface area contributed by atoms with Crippen molar-refractivity contribution in [3.63, 3.8) is 0 Å². The molecule has 0 aliphatic heterocycles. The molecule has 1 aromatic carbocycles. The molecule has 1 N–H and O–H groups in total. The van der Waals surface area contributed by atoms with Crippen LogP contribution in [0, 0.1) is 0 Å². The second-order valence-electron chi connectivity index (χ2n) is 4.68. The monoisotopic (exact) mass is 281 g/mol. The Morgan fingerprint density at radius 3 is 2.45 bits per heavy atom. The molecule has 0 spiro atoms. The minimum absolute atomic E-state index is 0.266. The molecular weight excluding hydrogens is 258 g/mol. The van der Waals surface area contributed by atoms with Gasteiger partial charge in [0.2, 0.25) is 0 Å². The quantitative estimate of drug-likeness (QED) is 0.583. The van der Waals surface area contributed by atoms with Crippen molar-refractivity contribution in [3.05, 3.63) is 24.3 Å². The number of carbonyl (C=O) groups excluding carboxylic acids is 1. The third-order valence-electron chi connectivity index (χ3n) is 3.34. The van der Waals surface area contributed by atoms with Crippen molar-refractivity contribution < 1.29 is 19.0 Å². The molecule has 0 saturated heterocycles. The molecule has 0 aliphatic rings. The molecule has 0 fully saturated rings. The predicted octanol–water partition coefficient (Wildman–Crippen LogP) is 2.01. The van der Waals surface area contributed by atoms with Gasteiger partial charge in [-0.15, -0.1) is 0 Å². The zero-order chi connectivity index (χ0) is 15.0. The standard InChI is InChI=1S/C15H23NO4/c1-15(16-2,14(17)19-4)10-7-11-20-13-9-6-5-8-12(13)18-3/h5-6,8-9,16H,7,10-11H2,1-4H3. The molecule has 1 aromatic rings. The number of benzene rings is 1. The van der Waals surface area contributed by atoms with Crippen molar-refractivity contribution in [1.29, 1.82) is 0 Å². The van der Waals surface area contributed by atoms with Crippen molar-refractivity contribution in [1.82, 2.24) is 5.32 Å². The SMILES string of the molecule is CNC(C)(CCCOc1ccccc1OC)C(=O)OC. The van der Waals surface area contributed by atoms with E-state index < -0.39 is 5.54 Å². The fraction of sp³-hybridized carbons (Fsp3) is 0.533. The Labute approximate surface area is 120 Å². The van der Waals surface area contributed by atoms with Crippen molar-refractivity contribution in [2.75, 3.05) is 27.9 Å². The van der Waals surface area contributed by atoms with Gasteiger partial charge in [0.1, 0.15) is 5.54 Å². The molecule has 0 saturated carbocycles. The number of para-hydroxylation sites is 2. The molecule has 20 heavy (non-hydrogen) atoms. The van der Waals surface area contributed by atoms with Crippen LogP contribution in [-0.2, 0) is 9.53 Å². The number of likely N-dealkylation sites (N-methyl/N-ethyl adjacent to an activating group) is 1. The van der Waals surface area contributed by atoms with Crippen LogP contribution in [0.4, 0.5) is 0 Å². The van der Waals surface area contributed by atoms with E-state index in [4.69, 9.17) is 14.2 Å². The average Bonchev–Trinajstić information content (AvgIpc) is 2.50. The molecule has 0 amide bonds. The molecule has 1 atom stereocenters. The smallest absolute Gasteiger partial charge is 0.325 e. The van der Waals surface area contributed by atoms with Crippen LogP contribution < -0.4 is 14.8 Å². The Bertz CT molecular complexity index is 436. The first kappa shape index (κ1) is 16.3. The Morgan fingerprint density at radius 1 is 1.25 bits per heavy atom. The van der Waals surface area contributed by atoms with E-state index in [9.17, 15) is 4.79 Å². The highest BCUT2D eigenvalue weighted by Gasteiger charge is 2.31. The summed E-state index contributed by atoms with van der Waals surface area (Å²) in [5.74, 6) is 1.15. The number of methoxy groups -OCH3 is 2.